The van der Waals surface area contributed by atoms with Crippen LogP contribution in [0.2, 0.25) is 0 Å². The van der Waals surface area contributed by atoms with Crippen LogP contribution in [0.5, 0.6) is 0 Å². The minimum atomic E-state index is -1.01. The first kappa shape index (κ1) is 12.4. The zero-order valence-corrected chi connectivity index (χ0v) is 10.1. The van der Waals surface area contributed by atoms with Crippen molar-refractivity contribution in [3.63, 3.8) is 0 Å². The number of hydrogen-bond acceptors (Lipinski definition) is 4. The summed E-state index contributed by atoms with van der Waals surface area (Å²) in [4.78, 5) is 19.1. The van der Waals surface area contributed by atoms with Gasteiger partial charge in [-0.3, -0.25) is 0 Å². The van der Waals surface area contributed by atoms with E-state index in [1.807, 2.05) is 20.8 Å². The molecule has 0 aromatic carbocycles. The lowest BCUT2D eigenvalue weighted by Gasteiger charge is -2.15. The molecule has 0 saturated carbocycles. The molecule has 1 rings (SSSR count). The highest BCUT2D eigenvalue weighted by atomic mass is 32.1. The van der Waals surface area contributed by atoms with Crippen LogP contribution in [0, 0.1) is 0 Å². The van der Waals surface area contributed by atoms with Crippen molar-refractivity contribution in [3.05, 3.63) is 10.6 Å². The number of aromatic nitrogens is 1. The van der Waals surface area contributed by atoms with E-state index in [4.69, 9.17) is 16.6 Å². The van der Waals surface area contributed by atoms with E-state index in [1.54, 1.807) is 0 Å². The van der Waals surface area contributed by atoms with Gasteiger partial charge in [0.05, 0.1) is 5.69 Å². The molecule has 0 radical (unpaired) electrons. The third-order valence-corrected chi connectivity index (χ3v) is 2.68. The molecule has 0 aliphatic rings. The van der Waals surface area contributed by atoms with Crippen molar-refractivity contribution in [1.29, 1.82) is 0 Å². The van der Waals surface area contributed by atoms with E-state index in [2.05, 4.69) is 9.98 Å². The van der Waals surface area contributed by atoms with Crippen LogP contribution in [0.3, 0.4) is 0 Å². The lowest BCUT2D eigenvalue weighted by Crippen LogP contribution is -2.21. The van der Waals surface area contributed by atoms with Gasteiger partial charge in [-0.25, -0.2) is 9.78 Å². The molecular weight excluding hydrogens is 228 g/mol. The Hall–Kier alpha value is -1.63. The summed E-state index contributed by atoms with van der Waals surface area (Å²) in [6.07, 6.45) is 0. The van der Waals surface area contributed by atoms with Crippen molar-refractivity contribution in [1.82, 2.24) is 4.98 Å². The Labute approximate surface area is 97.0 Å². The van der Waals surface area contributed by atoms with Crippen molar-refractivity contribution in [2.24, 2.45) is 16.5 Å². The number of carboxylic acid groups (broad SMARTS) is 1. The Balaban J connectivity index is 3.32. The van der Waals surface area contributed by atoms with Gasteiger partial charge in [-0.1, -0.05) is 32.1 Å². The predicted molar refractivity (Wildman–Crippen MR) is 63.2 cm³/mol. The molecule has 16 heavy (non-hydrogen) atoms. The Morgan fingerprint density at radius 3 is 2.31 bits per heavy atom. The molecule has 1 aromatic rings. The van der Waals surface area contributed by atoms with Crippen LogP contribution >= 0.6 is 11.3 Å². The lowest BCUT2D eigenvalue weighted by molar-refractivity contribution is 0.0699. The second-order valence-corrected chi connectivity index (χ2v) is 5.24. The van der Waals surface area contributed by atoms with Crippen molar-refractivity contribution >= 4 is 28.4 Å². The maximum absolute atomic E-state index is 11.0. The monoisotopic (exact) mass is 242 g/mol. The number of hydrogen-bond donors (Lipinski definition) is 3. The highest BCUT2D eigenvalue weighted by molar-refractivity contribution is 7.17. The second kappa shape index (κ2) is 4.09. The molecule has 88 valence electrons. The van der Waals surface area contributed by atoms with E-state index in [-0.39, 0.29) is 21.4 Å². The molecule has 7 heteroatoms. The van der Waals surface area contributed by atoms with Gasteiger partial charge in [0.25, 0.3) is 0 Å². The van der Waals surface area contributed by atoms with E-state index in [0.29, 0.717) is 5.69 Å². The normalized spacial score (nSPS) is 11.2. The molecule has 1 heterocycles. The lowest BCUT2D eigenvalue weighted by atomic mass is 9.91. The first-order valence-corrected chi connectivity index (χ1v) is 5.37. The molecular formula is C9H14N4O2S. The van der Waals surface area contributed by atoms with Crippen molar-refractivity contribution in [2.45, 2.75) is 26.2 Å². The Morgan fingerprint density at radius 1 is 1.44 bits per heavy atom. The fourth-order valence-corrected chi connectivity index (χ4v) is 2.13. The van der Waals surface area contributed by atoms with Crippen LogP contribution in [0.25, 0.3) is 0 Å². The molecule has 0 aliphatic heterocycles. The molecule has 0 saturated heterocycles. The van der Waals surface area contributed by atoms with Gasteiger partial charge in [0.15, 0.2) is 5.96 Å². The van der Waals surface area contributed by atoms with Crippen LogP contribution < -0.4 is 11.5 Å². The van der Waals surface area contributed by atoms with Crippen molar-refractivity contribution in [2.75, 3.05) is 0 Å². The van der Waals surface area contributed by atoms with Crippen LogP contribution in [-0.4, -0.2) is 22.0 Å². The van der Waals surface area contributed by atoms with Crippen LogP contribution in [0.1, 0.15) is 36.1 Å². The minimum Gasteiger partial charge on any atom is -0.477 e. The van der Waals surface area contributed by atoms with Gasteiger partial charge in [0.2, 0.25) is 5.13 Å². The SMILES string of the molecule is CC(C)(C)c1nc(N=C(N)N)sc1C(=O)O. The summed E-state index contributed by atoms with van der Waals surface area (Å²) >= 11 is 0.965. The molecule has 0 aliphatic carbocycles. The number of aromatic carboxylic acids is 1. The Bertz CT molecular complexity index is 441. The van der Waals surface area contributed by atoms with Crippen LogP contribution in [-0.2, 0) is 5.41 Å². The Morgan fingerprint density at radius 2 is 2.00 bits per heavy atom. The highest BCUT2D eigenvalue weighted by Crippen LogP contribution is 2.33. The van der Waals surface area contributed by atoms with Gasteiger partial charge >= 0.3 is 5.97 Å². The molecule has 0 bridgehead atoms. The van der Waals surface area contributed by atoms with E-state index in [1.165, 1.54) is 0 Å². The van der Waals surface area contributed by atoms with Gasteiger partial charge in [-0.05, 0) is 0 Å². The number of carbonyl (C=O) groups is 1. The molecule has 0 unspecified atom stereocenters. The summed E-state index contributed by atoms with van der Waals surface area (Å²) in [6.45, 7) is 5.65. The summed E-state index contributed by atoms with van der Waals surface area (Å²) in [5, 5.41) is 9.30. The largest absolute Gasteiger partial charge is 0.477 e. The maximum Gasteiger partial charge on any atom is 0.347 e. The molecule has 1 aromatic heterocycles. The number of nitrogens with two attached hydrogens (primary N) is 2. The van der Waals surface area contributed by atoms with Gasteiger partial charge < -0.3 is 16.6 Å². The van der Waals surface area contributed by atoms with Crippen molar-refractivity contribution < 1.29 is 9.90 Å². The number of aliphatic imine (C=N–C) groups is 1. The van der Waals surface area contributed by atoms with Gasteiger partial charge in [-0.2, -0.15) is 4.99 Å². The molecule has 0 fully saturated rings. The predicted octanol–water partition coefficient (Wildman–Crippen LogP) is 1.04. The average Bonchev–Trinajstić information content (AvgIpc) is 2.45. The fourth-order valence-electron chi connectivity index (χ4n) is 1.12. The smallest absolute Gasteiger partial charge is 0.347 e. The van der Waals surface area contributed by atoms with Crippen LogP contribution in [0.4, 0.5) is 5.13 Å². The van der Waals surface area contributed by atoms with E-state index < -0.39 is 5.97 Å². The zero-order chi connectivity index (χ0) is 12.5. The maximum atomic E-state index is 11.0. The molecule has 0 amide bonds. The summed E-state index contributed by atoms with van der Waals surface area (Å²) in [7, 11) is 0. The number of nitrogens with zero attached hydrogens (tertiary/aromatic N) is 2. The second-order valence-electron chi connectivity index (χ2n) is 4.27. The number of rotatable bonds is 2. The molecule has 0 atom stereocenters. The van der Waals surface area contributed by atoms with Crippen molar-refractivity contribution in [3.8, 4) is 0 Å². The van der Waals surface area contributed by atoms with E-state index in [9.17, 15) is 4.79 Å². The van der Waals surface area contributed by atoms with Gasteiger partial charge in [0.1, 0.15) is 4.88 Å². The average molecular weight is 242 g/mol. The summed E-state index contributed by atoms with van der Waals surface area (Å²) in [6, 6.07) is 0. The topological polar surface area (TPSA) is 115 Å². The number of guanidine groups is 1. The zero-order valence-electron chi connectivity index (χ0n) is 9.31. The third-order valence-electron chi connectivity index (χ3n) is 1.75. The Kier molecular flexibility index (Phi) is 3.18. The summed E-state index contributed by atoms with van der Waals surface area (Å²) in [5.41, 5.74) is 10.6. The first-order chi connectivity index (χ1) is 7.21. The van der Waals surface area contributed by atoms with Crippen LogP contribution in [0.15, 0.2) is 4.99 Å². The van der Waals surface area contributed by atoms with Gasteiger partial charge in [-0.15, -0.1) is 0 Å². The highest BCUT2D eigenvalue weighted by Gasteiger charge is 2.26. The minimum absolute atomic E-state index is 0.133. The fraction of sp³-hybridized carbons (Fsp3) is 0.444. The number of thiazole rings is 1. The summed E-state index contributed by atoms with van der Waals surface area (Å²) in [5.74, 6) is -1.15. The van der Waals surface area contributed by atoms with Gasteiger partial charge in [0, 0.05) is 5.41 Å². The quantitative estimate of drug-likeness (QED) is 0.529. The molecule has 6 nitrogen and oxygen atoms in total. The summed E-state index contributed by atoms with van der Waals surface area (Å²) < 4.78 is 0. The molecule has 0 spiro atoms. The van der Waals surface area contributed by atoms with E-state index in [0.717, 1.165) is 11.3 Å². The number of carboxylic acids is 1. The first-order valence-electron chi connectivity index (χ1n) is 4.56. The van der Waals surface area contributed by atoms with E-state index >= 15 is 0 Å². The third kappa shape index (κ3) is 2.69. The molecule has 5 N–H and O–H groups in total. The standard InChI is InChI=1S/C9H14N4O2S/c1-9(2,3)5-4(6(14)15)16-8(12-5)13-7(10)11/h1-3H3,(H,14,15)(H4,10,11,12,13).